The first-order valence-electron chi connectivity index (χ1n) is 10.9. The molecular formula is C25H23N3O5S. The lowest BCUT2D eigenvalue weighted by Gasteiger charge is -2.21. The number of nitrogens with one attached hydrogen (secondary N) is 1. The number of nitrogens with zero attached hydrogens (tertiary/aromatic N) is 2. The van der Waals surface area contributed by atoms with Crippen LogP contribution in [0, 0.1) is 10.1 Å². The largest absolute Gasteiger partial charge is 0.497 e. The van der Waals surface area contributed by atoms with Crippen molar-refractivity contribution in [2.45, 2.75) is 23.8 Å². The van der Waals surface area contributed by atoms with E-state index in [0.717, 1.165) is 33.5 Å². The van der Waals surface area contributed by atoms with Crippen molar-refractivity contribution in [2.24, 2.45) is 0 Å². The summed E-state index contributed by atoms with van der Waals surface area (Å²) >= 11 is 0. The molecule has 0 saturated carbocycles. The number of ether oxygens (including phenoxy) is 1. The molecule has 0 bridgehead atoms. The molecule has 34 heavy (non-hydrogen) atoms. The molecule has 2 heterocycles. The van der Waals surface area contributed by atoms with Crippen LogP contribution < -0.4 is 4.74 Å². The molecule has 1 N–H and O–H groups in total. The van der Waals surface area contributed by atoms with Gasteiger partial charge in [0.2, 0.25) is 10.0 Å². The average molecular weight is 478 g/mol. The second-order valence-corrected chi connectivity index (χ2v) is 10.2. The van der Waals surface area contributed by atoms with Crippen molar-refractivity contribution in [1.29, 1.82) is 0 Å². The molecule has 1 atom stereocenters. The second-order valence-electron chi connectivity index (χ2n) is 8.27. The first-order chi connectivity index (χ1) is 16.4. The van der Waals surface area contributed by atoms with Gasteiger partial charge < -0.3 is 9.72 Å². The molecule has 174 valence electrons. The number of aromatic amines is 1. The Kier molecular flexibility index (Phi) is 5.59. The Morgan fingerprint density at radius 1 is 1.03 bits per heavy atom. The number of para-hydroxylation sites is 1. The van der Waals surface area contributed by atoms with Crippen molar-refractivity contribution < 1.29 is 18.1 Å². The maximum Gasteiger partial charge on any atom is 0.269 e. The first-order valence-corrected chi connectivity index (χ1v) is 12.3. The molecule has 0 radical (unpaired) electrons. The van der Waals surface area contributed by atoms with Crippen LogP contribution in [-0.2, 0) is 16.6 Å². The lowest BCUT2D eigenvalue weighted by atomic mass is 9.91. The van der Waals surface area contributed by atoms with Gasteiger partial charge in [0.1, 0.15) is 5.75 Å². The Hall–Kier alpha value is -3.69. The summed E-state index contributed by atoms with van der Waals surface area (Å²) in [6, 6.07) is 20.8. The van der Waals surface area contributed by atoms with E-state index in [4.69, 9.17) is 4.74 Å². The van der Waals surface area contributed by atoms with Crippen molar-refractivity contribution in [1.82, 2.24) is 9.29 Å². The predicted molar refractivity (Wildman–Crippen MR) is 128 cm³/mol. The fourth-order valence-electron chi connectivity index (χ4n) is 4.63. The van der Waals surface area contributed by atoms with Gasteiger partial charge in [-0.25, -0.2) is 8.42 Å². The number of methoxy groups -OCH3 is 1. The van der Waals surface area contributed by atoms with Crippen LogP contribution in [0.3, 0.4) is 0 Å². The number of hydrogen-bond donors (Lipinski definition) is 1. The summed E-state index contributed by atoms with van der Waals surface area (Å²) in [6.07, 6.45) is 0.582. The summed E-state index contributed by atoms with van der Waals surface area (Å²) in [6.45, 7) is 0.526. The maximum atomic E-state index is 13.5. The highest BCUT2D eigenvalue weighted by atomic mass is 32.2. The SMILES string of the molecule is COc1ccc(C2CCN(S(=O)(=O)c3ccc([N+](=O)[O-])cc3)Cc3c2[nH]c2ccccc32)cc1. The van der Waals surface area contributed by atoms with Crippen LogP contribution in [0.5, 0.6) is 5.75 Å². The standard InChI is InChI=1S/C25H23N3O5S/c1-33-19-10-6-17(7-11-19)21-14-15-27(16-23-22-4-2-3-5-24(22)26-25(21)23)34(31,32)20-12-8-18(9-13-20)28(29)30/h2-13,21,26H,14-16H2,1H3. The fourth-order valence-corrected chi connectivity index (χ4v) is 6.05. The van der Waals surface area contributed by atoms with Gasteiger partial charge in [0.05, 0.1) is 16.9 Å². The highest BCUT2D eigenvalue weighted by Gasteiger charge is 2.33. The van der Waals surface area contributed by atoms with Gasteiger partial charge in [-0.3, -0.25) is 10.1 Å². The van der Waals surface area contributed by atoms with E-state index in [1.165, 1.54) is 28.6 Å². The Morgan fingerprint density at radius 3 is 2.41 bits per heavy atom. The zero-order chi connectivity index (χ0) is 23.9. The number of hydrogen-bond acceptors (Lipinski definition) is 5. The van der Waals surface area contributed by atoms with E-state index < -0.39 is 14.9 Å². The predicted octanol–water partition coefficient (Wildman–Crippen LogP) is 4.81. The summed E-state index contributed by atoms with van der Waals surface area (Å²) in [7, 11) is -2.23. The molecule has 1 aliphatic rings. The number of non-ortho nitro benzene ring substituents is 1. The van der Waals surface area contributed by atoms with Crippen molar-refractivity contribution >= 4 is 26.6 Å². The number of rotatable bonds is 5. The molecule has 0 saturated heterocycles. The van der Waals surface area contributed by atoms with Crippen LogP contribution in [0.4, 0.5) is 5.69 Å². The molecule has 0 amide bonds. The van der Waals surface area contributed by atoms with E-state index in [2.05, 4.69) is 4.98 Å². The Bertz CT molecular complexity index is 1460. The van der Waals surface area contributed by atoms with Gasteiger partial charge >= 0.3 is 0 Å². The van der Waals surface area contributed by atoms with Gasteiger partial charge in [0.25, 0.3) is 5.69 Å². The summed E-state index contributed by atoms with van der Waals surface area (Å²) in [5.41, 5.74) is 3.84. The summed E-state index contributed by atoms with van der Waals surface area (Å²) in [4.78, 5) is 14.0. The molecule has 1 aliphatic heterocycles. The third-order valence-electron chi connectivity index (χ3n) is 6.40. The Balaban J connectivity index is 1.58. The van der Waals surface area contributed by atoms with Gasteiger partial charge in [-0.15, -0.1) is 0 Å². The fraction of sp³-hybridized carbons (Fsp3) is 0.200. The topological polar surface area (TPSA) is 106 Å². The van der Waals surface area contributed by atoms with E-state index in [0.29, 0.717) is 13.0 Å². The van der Waals surface area contributed by atoms with Crippen molar-refractivity contribution in [3.63, 3.8) is 0 Å². The van der Waals surface area contributed by atoms with Gasteiger partial charge in [-0.2, -0.15) is 4.31 Å². The van der Waals surface area contributed by atoms with E-state index in [1.54, 1.807) is 7.11 Å². The number of nitro benzene ring substituents is 1. The minimum atomic E-state index is -3.86. The molecular weight excluding hydrogens is 454 g/mol. The molecule has 0 aliphatic carbocycles. The average Bonchev–Trinajstić information content (AvgIpc) is 3.10. The summed E-state index contributed by atoms with van der Waals surface area (Å²) in [5, 5.41) is 12.0. The lowest BCUT2D eigenvalue weighted by Crippen LogP contribution is -2.31. The van der Waals surface area contributed by atoms with Crippen molar-refractivity contribution in [2.75, 3.05) is 13.7 Å². The van der Waals surface area contributed by atoms with Crippen LogP contribution in [0.2, 0.25) is 0 Å². The van der Waals surface area contributed by atoms with Gasteiger partial charge in [-0.05, 0) is 47.9 Å². The number of nitro groups is 1. The number of sulfonamides is 1. The van der Waals surface area contributed by atoms with Gasteiger partial charge in [0, 0.05) is 47.7 Å². The molecule has 3 aromatic carbocycles. The molecule has 9 heteroatoms. The smallest absolute Gasteiger partial charge is 0.269 e. The van der Waals surface area contributed by atoms with E-state index in [9.17, 15) is 18.5 Å². The van der Waals surface area contributed by atoms with Crippen molar-refractivity contribution in [3.05, 3.63) is 99.7 Å². The molecule has 4 aromatic rings. The van der Waals surface area contributed by atoms with Gasteiger partial charge in [0.15, 0.2) is 0 Å². The highest BCUT2D eigenvalue weighted by Crippen LogP contribution is 2.39. The van der Waals surface area contributed by atoms with Crippen LogP contribution in [0.25, 0.3) is 10.9 Å². The zero-order valence-corrected chi connectivity index (χ0v) is 19.3. The van der Waals surface area contributed by atoms with Crippen LogP contribution in [0.15, 0.2) is 77.7 Å². The number of H-pyrrole nitrogens is 1. The Labute approximate surface area is 197 Å². The molecule has 0 fully saturated rings. The summed E-state index contributed by atoms with van der Waals surface area (Å²) < 4.78 is 33.9. The third kappa shape index (κ3) is 3.82. The molecule has 1 unspecified atom stereocenters. The van der Waals surface area contributed by atoms with Crippen molar-refractivity contribution in [3.8, 4) is 5.75 Å². The van der Waals surface area contributed by atoms with E-state index in [-0.39, 0.29) is 23.0 Å². The Morgan fingerprint density at radius 2 is 1.74 bits per heavy atom. The number of benzene rings is 3. The number of fused-ring (bicyclic) bond motifs is 3. The van der Waals surface area contributed by atoms with E-state index in [1.807, 2.05) is 48.5 Å². The van der Waals surface area contributed by atoms with Gasteiger partial charge in [-0.1, -0.05) is 30.3 Å². The van der Waals surface area contributed by atoms with Crippen LogP contribution in [-0.4, -0.2) is 36.3 Å². The minimum Gasteiger partial charge on any atom is -0.497 e. The van der Waals surface area contributed by atoms with Crippen LogP contribution >= 0.6 is 0 Å². The molecule has 0 spiro atoms. The first kappa shape index (κ1) is 22.1. The maximum absolute atomic E-state index is 13.5. The lowest BCUT2D eigenvalue weighted by molar-refractivity contribution is -0.384. The quantitative estimate of drug-likeness (QED) is 0.328. The molecule has 8 nitrogen and oxygen atoms in total. The molecule has 5 rings (SSSR count). The normalized spacial score (nSPS) is 16.7. The number of aromatic nitrogens is 1. The molecule has 1 aromatic heterocycles. The minimum absolute atomic E-state index is 0.0228. The monoisotopic (exact) mass is 477 g/mol. The zero-order valence-electron chi connectivity index (χ0n) is 18.5. The van der Waals surface area contributed by atoms with E-state index >= 15 is 0 Å². The van der Waals surface area contributed by atoms with Crippen LogP contribution in [0.1, 0.15) is 29.2 Å². The third-order valence-corrected chi connectivity index (χ3v) is 8.26. The summed E-state index contributed by atoms with van der Waals surface area (Å²) in [5.74, 6) is 0.738. The highest BCUT2D eigenvalue weighted by molar-refractivity contribution is 7.89. The second kappa shape index (κ2) is 8.58.